The Kier molecular flexibility index (Phi) is 4.48. The highest BCUT2D eigenvalue weighted by Crippen LogP contribution is 2.26. The molecule has 3 rings (SSSR count). The molecule has 0 saturated carbocycles. The van der Waals surface area contributed by atoms with E-state index in [1.54, 1.807) is 43.3 Å². The number of hydrogen-bond acceptors (Lipinski definition) is 5. The Morgan fingerprint density at radius 3 is 2.62 bits per heavy atom. The molecule has 2 aromatic carbocycles. The van der Waals surface area contributed by atoms with E-state index in [2.05, 4.69) is 10.2 Å². The van der Waals surface area contributed by atoms with Crippen molar-refractivity contribution in [1.82, 2.24) is 10.2 Å². The molecule has 1 atom stereocenters. The van der Waals surface area contributed by atoms with Gasteiger partial charge in [-0.2, -0.15) is 0 Å². The Morgan fingerprint density at radius 1 is 1.21 bits per heavy atom. The number of rotatable bonds is 5. The largest absolute Gasteiger partial charge is 0.481 e. The van der Waals surface area contributed by atoms with Crippen molar-refractivity contribution in [1.29, 1.82) is 0 Å². The molecule has 1 aromatic heterocycles. The first-order valence-corrected chi connectivity index (χ1v) is 7.56. The molecule has 1 heterocycles. The van der Waals surface area contributed by atoms with E-state index in [0.717, 1.165) is 5.56 Å². The van der Waals surface area contributed by atoms with E-state index in [1.807, 2.05) is 12.1 Å². The van der Waals surface area contributed by atoms with Crippen molar-refractivity contribution in [3.8, 4) is 17.2 Å². The lowest BCUT2D eigenvalue weighted by Crippen LogP contribution is -2.10. The van der Waals surface area contributed by atoms with Crippen molar-refractivity contribution >= 4 is 17.5 Å². The molecule has 0 aliphatic carbocycles. The van der Waals surface area contributed by atoms with Gasteiger partial charge in [-0.05, 0) is 49.4 Å². The van der Waals surface area contributed by atoms with Crippen molar-refractivity contribution in [2.24, 2.45) is 5.73 Å². The average molecular weight is 344 g/mol. The number of amides is 1. The number of primary amides is 1. The summed E-state index contributed by atoms with van der Waals surface area (Å²) in [5, 5.41) is 8.61. The summed E-state index contributed by atoms with van der Waals surface area (Å²) in [6, 6.07) is 13.6. The predicted octanol–water partition coefficient (Wildman–Crippen LogP) is 3.63. The summed E-state index contributed by atoms with van der Waals surface area (Å²) < 4.78 is 11.4. The van der Waals surface area contributed by atoms with Crippen LogP contribution in [-0.2, 0) is 0 Å². The van der Waals surface area contributed by atoms with Gasteiger partial charge in [-0.25, -0.2) is 0 Å². The first kappa shape index (κ1) is 16.0. The molecule has 1 amide bonds. The average Bonchev–Trinajstić information content (AvgIpc) is 3.05. The summed E-state index contributed by atoms with van der Waals surface area (Å²) in [7, 11) is 0. The molecule has 1 unspecified atom stereocenters. The molecule has 0 radical (unpaired) electrons. The second-order valence-electron chi connectivity index (χ2n) is 5.10. The van der Waals surface area contributed by atoms with Crippen LogP contribution in [0.2, 0.25) is 5.02 Å². The van der Waals surface area contributed by atoms with Crippen LogP contribution in [0.15, 0.2) is 52.9 Å². The number of carbonyl (C=O) groups is 1. The smallest absolute Gasteiger partial charge is 0.257 e. The van der Waals surface area contributed by atoms with Gasteiger partial charge in [-0.1, -0.05) is 17.7 Å². The number of hydrogen-bond donors (Lipinski definition) is 1. The molecule has 0 saturated heterocycles. The lowest BCUT2D eigenvalue weighted by Gasteiger charge is -2.11. The molecule has 0 spiro atoms. The van der Waals surface area contributed by atoms with Crippen molar-refractivity contribution in [3.05, 3.63) is 65.0 Å². The normalized spacial score (nSPS) is 11.9. The summed E-state index contributed by atoms with van der Waals surface area (Å²) in [6.45, 7) is 1.79. The van der Waals surface area contributed by atoms with E-state index >= 15 is 0 Å². The van der Waals surface area contributed by atoms with Crippen molar-refractivity contribution in [3.63, 3.8) is 0 Å². The van der Waals surface area contributed by atoms with Crippen molar-refractivity contribution < 1.29 is 13.9 Å². The highest BCUT2D eigenvalue weighted by atomic mass is 35.5. The van der Waals surface area contributed by atoms with Crippen LogP contribution >= 0.6 is 11.6 Å². The molecule has 2 N–H and O–H groups in total. The maximum atomic E-state index is 11.1. The monoisotopic (exact) mass is 343 g/mol. The van der Waals surface area contributed by atoms with Gasteiger partial charge in [0, 0.05) is 16.1 Å². The van der Waals surface area contributed by atoms with Crippen molar-refractivity contribution in [2.45, 2.75) is 13.0 Å². The molecular weight excluding hydrogens is 330 g/mol. The molecule has 122 valence electrons. The molecule has 0 fully saturated rings. The van der Waals surface area contributed by atoms with Crippen LogP contribution in [0.1, 0.15) is 29.3 Å². The maximum absolute atomic E-state index is 11.1. The molecule has 0 aliphatic rings. The summed E-state index contributed by atoms with van der Waals surface area (Å²) in [5.74, 6) is 0.781. The van der Waals surface area contributed by atoms with Crippen LogP contribution in [0.5, 0.6) is 5.75 Å². The molecular formula is C17H14ClN3O3. The number of nitrogens with two attached hydrogens (primary N) is 1. The fraction of sp³-hybridized carbons (Fsp3) is 0.118. The molecule has 6 nitrogen and oxygen atoms in total. The van der Waals surface area contributed by atoms with Gasteiger partial charge in [0.05, 0.1) is 0 Å². The summed E-state index contributed by atoms with van der Waals surface area (Å²) in [6.07, 6.45) is -0.454. The van der Waals surface area contributed by atoms with E-state index in [4.69, 9.17) is 26.5 Å². The number of nitrogens with zero attached hydrogens (tertiary/aromatic N) is 2. The summed E-state index contributed by atoms with van der Waals surface area (Å²) in [5.41, 5.74) is 6.35. The lowest BCUT2D eigenvalue weighted by atomic mass is 10.2. The van der Waals surface area contributed by atoms with Gasteiger partial charge in [0.2, 0.25) is 11.8 Å². The Bertz CT molecular complexity index is 862. The Morgan fingerprint density at radius 2 is 1.96 bits per heavy atom. The second-order valence-corrected chi connectivity index (χ2v) is 5.54. The number of carbonyl (C=O) groups excluding carboxylic acids is 1. The van der Waals surface area contributed by atoms with Crippen LogP contribution in [0.25, 0.3) is 11.5 Å². The standard InChI is InChI=1S/C17H14ClN3O3/c1-10(23-14-7-5-11(6-8-14)15(19)22)16-20-21-17(24-16)12-3-2-4-13(18)9-12/h2-10H,1H3,(H2,19,22). The quantitative estimate of drug-likeness (QED) is 0.763. The zero-order valence-corrected chi connectivity index (χ0v) is 13.5. The van der Waals surface area contributed by atoms with Crippen LogP contribution < -0.4 is 10.5 Å². The number of aromatic nitrogens is 2. The molecule has 3 aromatic rings. The number of ether oxygens (including phenoxy) is 1. The van der Waals surface area contributed by atoms with Gasteiger partial charge in [-0.15, -0.1) is 10.2 Å². The molecule has 7 heteroatoms. The van der Waals surface area contributed by atoms with Crippen molar-refractivity contribution in [2.75, 3.05) is 0 Å². The molecule has 0 bridgehead atoms. The topological polar surface area (TPSA) is 91.2 Å². The van der Waals surface area contributed by atoms with Gasteiger partial charge < -0.3 is 14.9 Å². The first-order chi connectivity index (χ1) is 11.5. The van der Waals surface area contributed by atoms with Gasteiger partial charge in [0.1, 0.15) is 5.75 Å². The number of halogens is 1. The van der Waals surface area contributed by atoms with E-state index in [9.17, 15) is 4.79 Å². The van der Waals surface area contributed by atoms with E-state index in [0.29, 0.717) is 28.1 Å². The highest BCUT2D eigenvalue weighted by Gasteiger charge is 2.17. The zero-order valence-electron chi connectivity index (χ0n) is 12.8. The fourth-order valence-corrected chi connectivity index (χ4v) is 2.28. The molecule has 24 heavy (non-hydrogen) atoms. The molecule has 0 aliphatic heterocycles. The minimum absolute atomic E-state index is 0.337. The third-order valence-corrected chi connectivity index (χ3v) is 3.55. The lowest BCUT2D eigenvalue weighted by molar-refractivity contribution is 0.1000. The minimum atomic E-state index is -0.488. The van der Waals surface area contributed by atoms with E-state index < -0.39 is 12.0 Å². The number of benzene rings is 2. The van der Waals surface area contributed by atoms with E-state index in [-0.39, 0.29) is 0 Å². The van der Waals surface area contributed by atoms with E-state index in [1.165, 1.54) is 0 Å². The predicted molar refractivity (Wildman–Crippen MR) is 88.7 cm³/mol. The van der Waals surface area contributed by atoms with Crippen LogP contribution in [0.4, 0.5) is 0 Å². The first-order valence-electron chi connectivity index (χ1n) is 7.19. The van der Waals surface area contributed by atoms with Gasteiger partial charge in [0.25, 0.3) is 5.89 Å². The van der Waals surface area contributed by atoms with Gasteiger partial charge in [-0.3, -0.25) is 4.79 Å². The maximum Gasteiger partial charge on any atom is 0.257 e. The summed E-state index contributed by atoms with van der Waals surface area (Å²) in [4.78, 5) is 11.1. The third-order valence-electron chi connectivity index (χ3n) is 3.31. The second kappa shape index (κ2) is 6.72. The van der Waals surface area contributed by atoms with Crippen LogP contribution in [0, 0.1) is 0 Å². The SMILES string of the molecule is CC(Oc1ccc(C(N)=O)cc1)c1nnc(-c2cccc(Cl)c2)o1. The summed E-state index contributed by atoms with van der Waals surface area (Å²) >= 11 is 5.96. The van der Waals surface area contributed by atoms with Gasteiger partial charge in [0.15, 0.2) is 6.10 Å². The minimum Gasteiger partial charge on any atom is -0.481 e. The third kappa shape index (κ3) is 3.55. The van der Waals surface area contributed by atoms with Crippen LogP contribution in [-0.4, -0.2) is 16.1 Å². The fourth-order valence-electron chi connectivity index (χ4n) is 2.09. The Balaban J connectivity index is 1.74. The van der Waals surface area contributed by atoms with Crippen LogP contribution in [0.3, 0.4) is 0 Å². The van der Waals surface area contributed by atoms with Gasteiger partial charge >= 0.3 is 0 Å². The zero-order chi connectivity index (χ0) is 17.1. The Hall–Kier alpha value is -2.86. The highest BCUT2D eigenvalue weighted by molar-refractivity contribution is 6.30. The Labute approximate surface area is 143 Å².